The van der Waals surface area contributed by atoms with Gasteiger partial charge < -0.3 is 4.74 Å². The maximum atomic E-state index is 10.6. The first-order valence-corrected chi connectivity index (χ1v) is 7.87. The number of unbranched alkanes of at least 4 members (excludes halogenated alkanes) is 2. The number of ether oxygens (including phenoxy) is 1. The topological polar surface area (TPSA) is 26.3 Å². The highest BCUT2D eigenvalue weighted by molar-refractivity contribution is 6.55. The maximum absolute atomic E-state index is 10.6. The second-order valence-electron chi connectivity index (χ2n) is 4.54. The second kappa shape index (κ2) is 9.56. The van der Waals surface area contributed by atoms with Crippen molar-refractivity contribution in [3.63, 3.8) is 0 Å². The van der Waals surface area contributed by atoms with Gasteiger partial charge in [0.1, 0.15) is 0 Å². The summed E-state index contributed by atoms with van der Waals surface area (Å²) in [6.07, 6.45) is 6.46. The minimum atomic E-state index is -0.186. The molecule has 2 radical (unpaired) electrons. The molecule has 0 amide bonds. The second-order valence-corrected chi connectivity index (χ2v) is 6.15. The Bertz CT molecular complexity index is 376. The van der Waals surface area contributed by atoms with E-state index in [4.69, 9.17) is 4.74 Å². The van der Waals surface area contributed by atoms with Gasteiger partial charge in [0.15, 0.2) is 0 Å². The van der Waals surface area contributed by atoms with Crippen molar-refractivity contribution in [1.29, 1.82) is 0 Å². The highest BCUT2D eigenvalue weighted by Gasteiger charge is 2.06. The van der Waals surface area contributed by atoms with Gasteiger partial charge in [-0.3, -0.25) is 4.79 Å². The van der Waals surface area contributed by atoms with Gasteiger partial charge in [0, 0.05) is 6.92 Å². The standard InChI is InChI=1S/C16H22O2Si/c1-3-15(19-16-11-6-4-7-12-16)10-8-5-9-13-18-14(2)17/h3-4,6-7,11-12,15H,1,5,8-10,13H2,2H3. The zero-order valence-corrected chi connectivity index (χ0v) is 12.6. The molecule has 0 aliphatic rings. The molecule has 0 spiro atoms. The average molecular weight is 274 g/mol. The van der Waals surface area contributed by atoms with Crippen molar-refractivity contribution < 1.29 is 9.53 Å². The van der Waals surface area contributed by atoms with Gasteiger partial charge in [-0.25, -0.2) is 0 Å². The Morgan fingerprint density at radius 1 is 1.32 bits per heavy atom. The van der Waals surface area contributed by atoms with Gasteiger partial charge in [0.2, 0.25) is 0 Å². The Morgan fingerprint density at radius 2 is 2.05 bits per heavy atom. The van der Waals surface area contributed by atoms with E-state index in [0.717, 1.165) is 35.2 Å². The van der Waals surface area contributed by atoms with E-state index in [2.05, 4.69) is 36.9 Å². The molecule has 0 bridgehead atoms. The minimum absolute atomic E-state index is 0.186. The number of allylic oxidation sites excluding steroid dienone is 1. The quantitative estimate of drug-likeness (QED) is 0.299. The number of benzene rings is 1. The zero-order chi connectivity index (χ0) is 13.9. The Morgan fingerprint density at radius 3 is 2.68 bits per heavy atom. The van der Waals surface area contributed by atoms with Crippen molar-refractivity contribution in [3.8, 4) is 0 Å². The third kappa shape index (κ3) is 7.62. The van der Waals surface area contributed by atoms with Crippen LogP contribution in [0.2, 0.25) is 5.54 Å². The fourth-order valence-corrected chi connectivity index (χ4v) is 3.14. The predicted molar refractivity (Wildman–Crippen MR) is 80.9 cm³/mol. The van der Waals surface area contributed by atoms with E-state index in [-0.39, 0.29) is 5.97 Å². The van der Waals surface area contributed by atoms with E-state index in [1.807, 2.05) is 6.07 Å². The highest BCUT2D eigenvalue weighted by Crippen LogP contribution is 2.15. The molecule has 3 heteroatoms. The summed E-state index contributed by atoms with van der Waals surface area (Å²) in [5, 5.41) is 1.40. The van der Waals surface area contributed by atoms with Crippen molar-refractivity contribution in [2.45, 2.75) is 38.1 Å². The maximum Gasteiger partial charge on any atom is 0.302 e. The molecule has 1 rings (SSSR count). The van der Waals surface area contributed by atoms with Crippen LogP contribution < -0.4 is 5.19 Å². The van der Waals surface area contributed by atoms with Crippen LogP contribution in [0, 0.1) is 0 Å². The van der Waals surface area contributed by atoms with E-state index in [9.17, 15) is 4.79 Å². The molecule has 1 unspecified atom stereocenters. The van der Waals surface area contributed by atoms with Crippen LogP contribution in [0.3, 0.4) is 0 Å². The summed E-state index contributed by atoms with van der Waals surface area (Å²) in [6.45, 7) is 5.94. The average Bonchev–Trinajstić information content (AvgIpc) is 2.42. The van der Waals surface area contributed by atoms with Gasteiger partial charge >= 0.3 is 5.97 Å². The number of hydrogen-bond donors (Lipinski definition) is 0. The molecule has 0 aliphatic carbocycles. The number of carbonyl (C=O) groups is 1. The Balaban J connectivity index is 2.15. The molecule has 1 aromatic rings. The Kier molecular flexibility index (Phi) is 7.90. The molecule has 19 heavy (non-hydrogen) atoms. The Hall–Kier alpha value is -1.35. The van der Waals surface area contributed by atoms with Crippen LogP contribution in [0.1, 0.15) is 32.6 Å². The van der Waals surface area contributed by atoms with Crippen LogP contribution in [-0.4, -0.2) is 22.1 Å². The minimum Gasteiger partial charge on any atom is -0.466 e. The van der Waals surface area contributed by atoms with E-state index in [0.29, 0.717) is 12.1 Å². The van der Waals surface area contributed by atoms with Gasteiger partial charge in [-0.05, 0) is 18.4 Å². The number of carbonyl (C=O) groups excluding carboxylic acids is 1. The van der Waals surface area contributed by atoms with Crippen LogP contribution in [0.25, 0.3) is 0 Å². The first kappa shape index (κ1) is 15.7. The smallest absolute Gasteiger partial charge is 0.302 e. The molecule has 2 nitrogen and oxygen atoms in total. The van der Waals surface area contributed by atoms with E-state index >= 15 is 0 Å². The normalized spacial score (nSPS) is 11.8. The van der Waals surface area contributed by atoms with Crippen molar-refractivity contribution >= 4 is 20.7 Å². The largest absolute Gasteiger partial charge is 0.466 e. The van der Waals surface area contributed by atoms with E-state index in [1.54, 1.807) is 0 Å². The Labute approximate surface area is 118 Å². The molecule has 1 atom stereocenters. The molecular weight excluding hydrogens is 252 g/mol. The summed E-state index contributed by atoms with van der Waals surface area (Å²) in [6, 6.07) is 10.6. The predicted octanol–water partition coefficient (Wildman–Crippen LogP) is 3.11. The van der Waals surface area contributed by atoms with Crippen molar-refractivity contribution in [2.24, 2.45) is 0 Å². The molecule has 0 fully saturated rings. The lowest BCUT2D eigenvalue weighted by Crippen LogP contribution is -2.18. The van der Waals surface area contributed by atoms with Crippen LogP contribution in [0.4, 0.5) is 0 Å². The third-order valence-corrected chi connectivity index (χ3v) is 4.44. The van der Waals surface area contributed by atoms with Crippen LogP contribution >= 0.6 is 0 Å². The van der Waals surface area contributed by atoms with Crippen LogP contribution in [-0.2, 0) is 9.53 Å². The van der Waals surface area contributed by atoms with Crippen molar-refractivity contribution in [2.75, 3.05) is 6.61 Å². The van der Waals surface area contributed by atoms with E-state index in [1.165, 1.54) is 12.1 Å². The summed E-state index contributed by atoms with van der Waals surface area (Å²) < 4.78 is 4.91. The zero-order valence-electron chi connectivity index (χ0n) is 11.6. The molecule has 0 heterocycles. The van der Waals surface area contributed by atoms with E-state index < -0.39 is 0 Å². The first-order valence-electron chi connectivity index (χ1n) is 6.80. The summed E-state index contributed by atoms with van der Waals surface area (Å²) in [5.74, 6) is -0.186. The SMILES string of the molecule is C=CC(CCCCCOC(C)=O)[Si]c1ccccc1. The molecule has 0 saturated carbocycles. The fraction of sp³-hybridized carbons (Fsp3) is 0.438. The number of rotatable bonds is 9. The first-order chi connectivity index (χ1) is 9.22. The molecule has 0 aromatic heterocycles. The van der Waals surface area contributed by atoms with Gasteiger partial charge in [-0.2, -0.15) is 0 Å². The lowest BCUT2D eigenvalue weighted by atomic mass is 10.1. The van der Waals surface area contributed by atoms with Crippen molar-refractivity contribution in [3.05, 3.63) is 43.0 Å². The monoisotopic (exact) mass is 274 g/mol. The summed E-state index contributed by atoms with van der Waals surface area (Å²) in [5.41, 5.74) is 0.566. The lowest BCUT2D eigenvalue weighted by molar-refractivity contribution is -0.141. The molecule has 0 aliphatic heterocycles. The molecule has 0 saturated heterocycles. The van der Waals surface area contributed by atoms with Gasteiger partial charge in [-0.15, -0.1) is 6.58 Å². The van der Waals surface area contributed by atoms with Gasteiger partial charge in [0.05, 0.1) is 16.1 Å². The third-order valence-electron chi connectivity index (χ3n) is 2.88. The van der Waals surface area contributed by atoms with Gasteiger partial charge in [0.25, 0.3) is 0 Å². The number of hydrogen-bond acceptors (Lipinski definition) is 2. The molecular formula is C16H22O2Si. The fourth-order valence-electron chi connectivity index (χ4n) is 1.86. The van der Waals surface area contributed by atoms with Crippen LogP contribution in [0.5, 0.6) is 0 Å². The lowest BCUT2D eigenvalue weighted by Gasteiger charge is -2.11. The molecule has 1 aromatic carbocycles. The van der Waals surface area contributed by atoms with Crippen molar-refractivity contribution in [1.82, 2.24) is 0 Å². The van der Waals surface area contributed by atoms with Gasteiger partial charge in [-0.1, -0.05) is 54.4 Å². The number of esters is 1. The summed E-state index contributed by atoms with van der Waals surface area (Å²) >= 11 is 0. The summed E-state index contributed by atoms with van der Waals surface area (Å²) in [7, 11) is 0.800. The molecule has 102 valence electrons. The molecule has 0 N–H and O–H groups in total. The highest BCUT2D eigenvalue weighted by atomic mass is 28.2. The van der Waals surface area contributed by atoms with Crippen LogP contribution in [0.15, 0.2) is 43.0 Å². The summed E-state index contributed by atoms with van der Waals surface area (Å²) in [4.78, 5) is 10.6.